The van der Waals surface area contributed by atoms with Crippen molar-refractivity contribution in [3.8, 4) is 0 Å². The van der Waals surface area contributed by atoms with Crippen LogP contribution in [-0.2, 0) is 0 Å². The van der Waals surface area contributed by atoms with E-state index in [-0.39, 0.29) is 11.6 Å². The quantitative estimate of drug-likeness (QED) is 0.817. The lowest BCUT2D eigenvalue weighted by Crippen LogP contribution is -2.53. The van der Waals surface area contributed by atoms with Gasteiger partial charge in [-0.25, -0.2) is 4.79 Å². The van der Waals surface area contributed by atoms with E-state index in [4.69, 9.17) is 23.2 Å². The van der Waals surface area contributed by atoms with E-state index < -0.39 is 0 Å². The SMILES string of the molecule is CC(C)(C)N1CCC(N2CCN(C(=O)Nc3ccc(Cl)c(Cl)c3)CC2)C1. The third kappa shape index (κ3) is 4.63. The average molecular weight is 399 g/mol. The van der Waals surface area contributed by atoms with Crippen molar-refractivity contribution < 1.29 is 4.79 Å². The van der Waals surface area contributed by atoms with Crippen molar-refractivity contribution in [3.63, 3.8) is 0 Å². The summed E-state index contributed by atoms with van der Waals surface area (Å²) in [6, 6.07) is 5.67. The number of halogens is 2. The van der Waals surface area contributed by atoms with Crippen molar-refractivity contribution in [1.29, 1.82) is 0 Å². The minimum absolute atomic E-state index is 0.0780. The molecule has 2 aliphatic rings. The molecule has 2 heterocycles. The van der Waals surface area contributed by atoms with Crippen LogP contribution in [0.2, 0.25) is 10.0 Å². The number of likely N-dealkylation sites (tertiary alicyclic amines) is 1. The lowest BCUT2D eigenvalue weighted by molar-refractivity contribution is 0.102. The van der Waals surface area contributed by atoms with Gasteiger partial charge in [0.1, 0.15) is 0 Å². The summed E-state index contributed by atoms with van der Waals surface area (Å²) in [5.41, 5.74) is 0.902. The third-order valence-corrected chi connectivity index (χ3v) is 6.14. The van der Waals surface area contributed by atoms with Gasteiger partial charge in [-0.3, -0.25) is 9.80 Å². The van der Waals surface area contributed by atoms with Gasteiger partial charge in [-0.1, -0.05) is 23.2 Å². The molecule has 2 fully saturated rings. The fourth-order valence-corrected chi connectivity index (χ4v) is 4.01. The second-order valence-electron chi connectivity index (χ2n) is 8.14. The van der Waals surface area contributed by atoms with E-state index in [0.29, 0.717) is 21.8 Å². The molecule has 5 nitrogen and oxygen atoms in total. The summed E-state index contributed by atoms with van der Waals surface area (Å²) in [5, 5.41) is 3.84. The smallest absolute Gasteiger partial charge is 0.321 e. The molecule has 0 radical (unpaired) electrons. The molecule has 3 rings (SSSR count). The number of carbonyl (C=O) groups excluding carboxylic acids is 1. The molecule has 1 aromatic carbocycles. The summed E-state index contributed by atoms with van der Waals surface area (Å²) in [4.78, 5) is 19.5. The first kappa shape index (κ1) is 19.7. The summed E-state index contributed by atoms with van der Waals surface area (Å²) < 4.78 is 0. The molecule has 1 atom stereocenters. The summed E-state index contributed by atoms with van der Waals surface area (Å²) in [5.74, 6) is 0. The van der Waals surface area contributed by atoms with Crippen LogP contribution >= 0.6 is 23.2 Å². The van der Waals surface area contributed by atoms with Crippen molar-refractivity contribution in [3.05, 3.63) is 28.2 Å². The molecule has 0 saturated carbocycles. The van der Waals surface area contributed by atoms with Gasteiger partial charge in [0, 0.05) is 56.5 Å². The van der Waals surface area contributed by atoms with Gasteiger partial charge in [0.25, 0.3) is 0 Å². The Morgan fingerprint density at radius 3 is 2.35 bits per heavy atom. The Morgan fingerprint density at radius 2 is 1.77 bits per heavy atom. The molecule has 26 heavy (non-hydrogen) atoms. The molecular formula is C19H28Cl2N4O. The normalized spacial score (nSPS) is 22.7. The van der Waals surface area contributed by atoms with Crippen LogP contribution in [0, 0.1) is 0 Å². The van der Waals surface area contributed by atoms with Crippen molar-refractivity contribution in [2.45, 2.75) is 38.8 Å². The van der Waals surface area contributed by atoms with E-state index in [1.807, 2.05) is 4.90 Å². The second-order valence-corrected chi connectivity index (χ2v) is 8.96. The average Bonchev–Trinajstić information content (AvgIpc) is 3.09. The molecule has 1 unspecified atom stereocenters. The second kappa shape index (κ2) is 7.93. The van der Waals surface area contributed by atoms with Gasteiger partial charge in [0.15, 0.2) is 0 Å². The Kier molecular flexibility index (Phi) is 6.02. The molecule has 1 N–H and O–H groups in total. The van der Waals surface area contributed by atoms with Crippen LogP contribution in [0.25, 0.3) is 0 Å². The Morgan fingerprint density at radius 1 is 1.08 bits per heavy atom. The summed E-state index contributed by atoms with van der Waals surface area (Å²) >= 11 is 11.9. The topological polar surface area (TPSA) is 38.8 Å². The van der Waals surface area contributed by atoms with Gasteiger partial charge in [-0.05, 0) is 45.4 Å². The molecule has 0 aromatic heterocycles. The number of amides is 2. The zero-order chi connectivity index (χ0) is 18.9. The summed E-state index contributed by atoms with van der Waals surface area (Å²) in [6.45, 7) is 12.5. The van der Waals surface area contributed by atoms with E-state index in [0.717, 1.165) is 39.3 Å². The lowest BCUT2D eigenvalue weighted by atomic mass is 10.1. The van der Waals surface area contributed by atoms with Crippen LogP contribution in [-0.4, -0.2) is 71.6 Å². The van der Waals surface area contributed by atoms with Gasteiger partial charge in [0.05, 0.1) is 10.0 Å². The van der Waals surface area contributed by atoms with E-state index >= 15 is 0 Å². The highest BCUT2D eigenvalue weighted by Gasteiger charge is 2.34. The minimum atomic E-state index is -0.0780. The number of urea groups is 1. The summed E-state index contributed by atoms with van der Waals surface area (Å²) in [7, 11) is 0. The Labute approximate surface area is 166 Å². The van der Waals surface area contributed by atoms with Crippen LogP contribution in [0.4, 0.5) is 10.5 Å². The van der Waals surface area contributed by atoms with Gasteiger partial charge in [0.2, 0.25) is 0 Å². The largest absolute Gasteiger partial charge is 0.322 e. The molecule has 144 valence electrons. The van der Waals surface area contributed by atoms with Crippen LogP contribution in [0.1, 0.15) is 27.2 Å². The van der Waals surface area contributed by atoms with Crippen molar-refractivity contribution in [2.75, 3.05) is 44.6 Å². The predicted octanol–water partition coefficient (Wildman–Crippen LogP) is 4.02. The first-order valence-electron chi connectivity index (χ1n) is 9.24. The van der Waals surface area contributed by atoms with Crippen LogP contribution in [0.5, 0.6) is 0 Å². The molecular weight excluding hydrogens is 371 g/mol. The monoisotopic (exact) mass is 398 g/mol. The molecule has 0 aliphatic carbocycles. The predicted molar refractivity (Wildman–Crippen MR) is 108 cm³/mol. The fraction of sp³-hybridized carbons (Fsp3) is 0.632. The van der Waals surface area contributed by atoms with E-state index in [9.17, 15) is 4.79 Å². The maximum absolute atomic E-state index is 12.5. The van der Waals surface area contributed by atoms with E-state index in [1.165, 1.54) is 6.42 Å². The van der Waals surface area contributed by atoms with Crippen molar-refractivity contribution in [2.24, 2.45) is 0 Å². The molecule has 2 amide bonds. The lowest BCUT2D eigenvalue weighted by Gasteiger charge is -2.39. The minimum Gasteiger partial charge on any atom is -0.322 e. The number of piperazine rings is 1. The first-order chi connectivity index (χ1) is 12.2. The Hall–Kier alpha value is -1.01. The number of rotatable bonds is 2. The number of carbonyl (C=O) groups is 1. The first-order valence-corrected chi connectivity index (χ1v) is 10.00. The molecule has 7 heteroatoms. The number of nitrogens with zero attached hydrogens (tertiary/aromatic N) is 3. The summed E-state index contributed by atoms with van der Waals surface area (Å²) in [6.07, 6.45) is 1.22. The number of anilines is 1. The molecule has 1 aromatic rings. The zero-order valence-corrected chi connectivity index (χ0v) is 17.3. The van der Waals surface area contributed by atoms with Gasteiger partial charge in [-0.2, -0.15) is 0 Å². The van der Waals surface area contributed by atoms with Crippen LogP contribution < -0.4 is 5.32 Å². The van der Waals surface area contributed by atoms with Crippen molar-refractivity contribution in [1.82, 2.24) is 14.7 Å². The Bertz CT molecular complexity index is 653. The zero-order valence-electron chi connectivity index (χ0n) is 15.8. The maximum Gasteiger partial charge on any atom is 0.321 e. The molecule has 2 saturated heterocycles. The number of hydrogen-bond acceptors (Lipinski definition) is 3. The number of nitrogens with one attached hydrogen (secondary N) is 1. The van der Waals surface area contributed by atoms with E-state index in [2.05, 4.69) is 35.9 Å². The molecule has 2 aliphatic heterocycles. The highest BCUT2D eigenvalue weighted by molar-refractivity contribution is 6.42. The van der Waals surface area contributed by atoms with E-state index in [1.54, 1.807) is 18.2 Å². The van der Waals surface area contributed by atoms with Gasteiger partial charge >= 0.3 is 6.03 Å². The number of hydrogen-bond donors (Lipinski definition) is 1. The van der Waals surface area contributed by atoms with Crippen LogP contribution in [0.15, 0.2) is 18.2 Å². The standard InChI is InChI=1S/C19H28Cl2N4O/c1-19(2,3)25-7-6-15(13-25)23-8-10-24(11-9-23)18(26)22-14-4-5-16(20)17(21)12-14/h4-5,12,15H,6-11,13H2,1-3H3,(H,22,26). The maximum atomic E-state index is 12.5. The third-order valence-electron chi connectivity index (χ3n) is 5.40. The number of benzene rings is 1. The Balaban J connectivity index is 1.49. The van der Waals surface area contributed by atoms with Gasteiger partial charge in [-0.15, -0.1) is 0 Å². The van der Waals surface area contributed by atoms with Crippen molar-refractivity contribution >= 4 is 34.9 Å². The highest BCUT2D eigenvalue weighted by atomic mass is 35.5. The fourth-order valence-electron chi connectivity index (χ4n) is 3.72. The van der Waals surface area contributed by atoms with Crippen LogP contribution in [0.3, 0.4) is 0 Å². The molecule has 0 spiro atoms. The molecule has 0 bridgehead atoms. The highest BCUT2D eigenvalue weighted by Crippen LogP contribution is 2.26. The van der Waals surface area contributed by atoms with Gasteiger partial charge < -0.3 is 10.2 Å².